The van der Waals surface area contributed by atoms with Crippen LogP contribution in [0.15, 0.2) is 30.6 Å². The summed E-state index contributed by atoms with van der Waals surface area (Å²) in [6.07, 6.45) is -1.16. The monoisotopic (exact) mass is 371 g/mol. The quantitative estimate of drug-likeness (QED) is 0.864. The molecule has 2 unspecified atom stereocenters. The lowest BCUT2D eigenvalue weighted by Gasteiger charge is -2.16. The molecule has 0 bridgehead atoms. The molecule has 0 aliphatic carbocycles. The van der Waals surface area contributed by atoms with Crippen molar-refractivity contribution in [2.45, 2.75) is 44.5 Å². The summed E-state index contributed by atoms with van der Waals surface area (Å²) in [4.78, 5) is 7.75. The van der Waals surface area contributed by atoms with Crippen LogP contribution in [0, 0.1) is 6.92 Å². The van der Waals surface area contributed by atoms with Gasteiger partial charge in [0.2, 0.25) is 0 Å². The van der Waals surface area contributed by atoms with Gasteiger partial charge in [-0.1, -0.05) is 6.92 Å². The Hall–Kier alpha value is -1.80. The predicted octanol–water partition coefficient (Wildman–Crippen LogP) is 3.98. The fraction of sp³-hybridized carbons (Fsp3) is 0.412. The van der Waals surface area contributed by atoms with Gasteiger partial charge in [-0.2, -0.15) is 13.2 Å². The molecule has 0 aliphatic rings. The fourth-order valence-corrected chi connectivity index (χ4v) is 3.09. The SMILES string of the molecule is Cc1cc([C@@H](C)CC(C)S(N)=O)ncc1-c1ccnc(C(F)(F)F)c1. The van der Waals surface area contributed by atoms with Crippen LogP contribution in [0.2, 0.25) is 0 Å². The number of hydrogen-bond acceptors (Lipinski definition) is 3. The van der Waals surface area contributed by atoms with Gasteiger partial charge in [0.25, 0.3) is 0 Å². The van der Waals surface area contributed by atoms with Gasteiger partial charge >= 0.3 is 6.18 Å². The average Bonchev–Trinajstić information content (AvgIpc) is 2.53. The maximum atomic E-state index is 12.8. The number of rotatable bonds is 5. The van der Waals surface area contributed by atoms with Crippen LogP contribution in [0.3, 0.4) is 0 Å². The van der Waals surface area contributed by atoms with Gasteiger partial charge in [0.15, 0.2) is 0 Å². The van der Waals surface area contributed by atoms with E-state index in [0.717, 1.165) is 23.5 Å². The van der Waals surface area contributed by atoms with Crippen LogP contribution in [0.5, 0.6) is 0 Å². The van der Waals surface area contributed by atoms with Crippen molar-refractivity contribution in [2.75, 3.05) is 0 Å². The van der Waals surface area contributed by atoms with Crippen LogP contribution in [-0.4, -0.2) is 19.4 Å². The second kappa shape index (κ2) is 7.61. The predicted molar refractivity (Wildman–Crippen MR) is 92.0 cm³/mol. The zero-order chi connectivity index (χ0) is 18.8. The lowest BCUT2D eigenvalue weighted by atomic mass is 9.96. The summed E-state index contributed by atoms with van der Waals surface area (Å²) in [5.41, 5.74) is 1.73. The van der Waals surface area contributed by atoms with E-state index < -0.39 is 22.9 Å². The molecule has 2 heterocycles. The Balaban J connectivity index is 2.30. The number of alkyl halides is 3. The van der Waals surface area contributed by atoms with E-state index >= 15 is 0 Å². The number of aromatic nitrogens is 2. The summed E-state index contributed by atoms with van der Waals surface area (Å²) in [6, 6.07) is 4.40. The molecule has 2 aromatic rings. The molecular weight excluding hydrogens is 351 g/mol. The number of hydrogen-bond donors (Lipinski definition) is 1. The van der Waals surface area contributed by atoms with Gasteiger partial charge in [0.05, 0.1) is 11.0 Å². The van der Waals surface area contributed by atoms with Crippen molar-refractivity contribution >= 4 is 11.0 Å². The number of nitrogens with two attached hydrogens (primary N) is 1. The smallest absolute Gasteiger partial charge is 0.260 e. The first-order chi connectivity index (χ1) is 11.6. The van der Waals surface area contributed by atoms with Gasteiger partial charge < -0.3 is 0 Å². The molecule has 8 heteroatoms. The molecule has 0 radical (unpaired) electrons. The van der Waals surface area contributed by atoms with Gasteiger partial charge in [-0.3, -0.25) is 15.1 Å². The van der Waals surface area contributed by atoms with E-state index in [1.54, 1.807) is 6.20 Å². The number of nitrogens with zero attached hydrogens (tertiary/aromatic N) is 2. The van der Waals surface area contributed by atoms with Gasteiger partial charge in [-0.05, 0) is 55.5 Å². The van der Waals surface area contributed by atoms with Crippen LogP contribution in [0.25, 0.3) is 11.1 Å². The summed E-state index contributed by atoms with van der Waals surface area (Å²) in [5.74, 6) is 0.0402. The molecule has 2 aromatic heterocycles. The molecule has 0 aliphatic heterocycles. The molecule has 0 aromatic carbocycles. The highest BCUT2D eigenvalue weighted by molar-refractivity contribution is 7.83. The summed E-state index contributed by atoms with van der Waals surface area (Å²) < 4.78 is 49.8. The van der Waals surface area contributed by atoms with Crippen molar-refractivity contribution in [1.82, 2.24) is 9.97 Å². The molecule has 0 spiro atoms. The first-order valence-corrected chi connectivity index (χ1v) is 9.02. The van der Waals surface area contributed by atoms with Gasteiger partial charge in [-0.15, -0.1) is 0 Å². The number of aryl methyl sites for hydroxylation is 1. The summed E-state index contributed by atoms with van der Waals surface area (Å²) in [5, 5.41) is 5.23. The molecule has 0 saturated carbocycles. The maximum absolute atomic E-state index is 12.8. The Morgan fingerprint density at radius 1 is 1.24 bits per heavy atom. The third-order valence-corrected chi connectivity index (χ3v) is 5.07. The minimum Gasteiger partial charge on any atom is -0.260 e. The Morgan fingerprint density at radius 3 is 2.48 bits per heavy atom. The molecule has 0 saturated heterocycles. The summed E-state index contributed by atoms with van der Waals surface area (Å²) >= 11 is 0. The Labute approximate surface area is 147 Å². The molecule has 25 heavy (non-hydrogen) atoms. The second-order valence-corrected chi connectivity index (χ2v) is 7.59. The third kappa shape index (κ3) is 4.85. The third-order valence-electron chi connectivity index (χ3n) is 4.08. The molecule has 0 fully saturated rings. The Bertz CT molecular complexity index is 780. The zero-order valence-electron chi connectivity index (χ0n) is 14.2. The van der Waals surface area contributed by atoms with Gasteiger partial charge in [0.1, 0.15) is 5.69 Å². The van der Waals surface area contributed by atoms with Crippen molar-refractivity contribution < 1.29 is 17.4 Å². The molecule has 0 amide bonds. The highest BCUT2D eigenvalue weighted by Gasteiger charge is 2.32. The highest BCUT2D eigenvalue weighted by Crippen LogP contribution is 2.32. The highest BCUT2D eigenvalue weighted by atomic mass is 32.2. The molecule has 136 valence electrons. The lowest BCUT2D eigenvalue weighted by Crippen LogP contribution is -2.20. The topological polar surface area (TPSA) is 68.9 Å². The maximum Gasteiger partial charge on any atom is 0.433 e. The van der Waals surface area contributed by atoms with E-state index in [9.17, 15) is 17.4 Å². The van der Waals surface area contributed by atoms with E-state index in [0.29, 0.717) is 17.5 Å². The number of halogens is 3. The number of pyridine rings is 2. The summed E-state index contributed by atoms with van der Waals surface area (Å²) in [6.45, 7) is 5.59. The normalized spacial score (nSPS) is 15.6. The van der Waals surface area contributed by atoms with Gasteiger partial charge in [0, 0.05) is 28.9 Å². The van der Waals surface area contributed by atoms with E-state index in [4.69, 9.17) is 5.14 Å². The molecule has 3 atom stereocenters. The van der Waals surface area contributed by atoms with Crippen LogP contribution in [0.4, 0.5) is 13.2 Å². The first kappa shape index (κ1) is 19.5. The van der Waals surface area contributed by atoms with Crippen molar-refractivity contribution in [3.63, 3.8) is 0 Å². The molecule has 2 N–H and O–H groups in total. The van der Waals surface area contributed by atoms with Crippen LogP contribution < -0.4 is 5.14 Å². The van der Waals surface area contributed by atoms with Crippen LogP contribution in [-0.2, 0) is 17.2 Å². The van der Waals surface area contributed by atoms with Crippen molar-refractivity contribution in [3.05, 3.63) is 47.5 Å². The Morgan fingerprint density at radius 2 is 1.92 bits per heavy atom. The lowest BCUT2D eigenvalue weighted by molar-refractivity contribution is -0.141. The standard InChI is InChI=1S/C17H20F3N3OS/c1-10-7-15(11(2)6-12(3)25(21)24)23-9-14(10)13-4-5-22-16(8-13)17(18,19)20/h4-5,7-9,11-12H,6,21H2,1-3H3/t11-,12?,25?/m0/s1. The second-order valence-electron chi connectivity index (χ2n) is 6.13. The van der Waals surface area contributed by atoms with Gasteiger partial charge in [-0.25, -0.2) is 4.21 Å². The van der Waals surface area contributed by atoms with Crippen LogP contribution in [0.1, 0.15) is 43.1 Å². The van der Waals surface area contributed by atoms with Crippen LogP contribution >= 0.6 is 0 Å². The fourth-order valence-electron chi connectivity index (χ4n) is 2.62. The molecular formula is C17H20F3N3OS. The molecule has 4 nitrogen and oxygen atoms in total. The Kier molecular flexibility index (Phi) is 5.95. The summed E-state index contributed by atoms with van der Waals surface area (Å²) in [7, 11) is -1.40. The van der Waals surface area contributed by atoms with E-state index in [1.807, 2.05) is 26.8 Å². The first-order valence-electron chi connectivity index (χ1n) is 7.74. The minimum atomic E-state index is -4.49. The molecule has 2 rings (SSSR count). The zero-order valence-corrected chi connectivity index (χ0v) is 15.0. The largest absolute Gasteiger partial charge is 0.433 e. The van der Waals surface area contributed by atoms with Crippen molar-refractivity contribution in [2.24, 2.45) is 5.14 Å². The van der Waals surface area contributed by atoms with E-state index in [2.05, 4.69) is 9.97 Å². The van der Waals surface area contributed by atoms with E-state index in [-0.39, 0.29) is 11.2 Å². The van der Waals surface area contributed by atoms with Crippen molar-refractivity contribution in [3.8, 4) is 11.1 Å². The average molecular weight is 371 g/mol. The minimum absolute atomic E-state index is 0.0402. The van der Waals surface area contributed by atoms with Crippen molar-refractivity contribution in [1.29, 1.82) is 0 Å². The van der Waals surface area contributed by atoms with E-state index in [1.165, 1.54) is 6.07 Å².